The third-order valence-electron chi connectivity index (χ3n) is 3.12. The molecule has 1 aliphatic carbocycles. The first-order chi connectivity index (χ1) is 6.45. The van der Waals surface area contributed by atoms with E-state index < -0.39 is 0 Å². The van der Waals surface area contributed by atoms with Gasteiger partial charge >= 0.3 is 0 Å². The Balaban J connectivity index is 1.46. The summed E-state index contributed by atoms with van der Waals surface area (Å²) in [5.74, 6) is 1.80. The highest BCUT2D eigenvalue weighted by molar-refractivity contribution is 4.72. The van der Waals surface area contributed by atoms with Crippen LogP contribution in [0.1, 0.15) is 32.1 Å². The Morgan fingerprint density at radius 3 is 2.77 bits per heavy atom. The Morgan fingerprint density at radius 2 is 2.08 bits per heavy atom. The van der Waals surface area contributed by atoms with Crippen molar-refractivity contribution in [3.05, 3.63) is 0 Å². The minimum absolute atomic E-state index is 0.882. The number of hydrogen-bond donors (Lipinski definition) is 1. The standard InChI is InChI=1S/C11H21NO/c1-2-10(8-12-6-1)5-7-13-9-11-3-4-11/h10-12H,1-9H2/t10-/m0/s1. The van der Waals surface area contributed by atoms with Crippen LogP contribution in [0.3, 0.4) is 0 Å². The molecule has 0 bridgehead atoms. The molecular formula is C11H21NO. The van der Waals surface area contributed by atoms with Crippen molar-refractivity contribution in [2.75, 3.05) is 26.3 Å². The van der Waals surface area contributed by atoms with E-state index >= 15 is 0 Å². The van der Waals surface area contributed by atoms with Crippen molar-refractivity contribution in [3.63, 3.8) is 0 Å². The first-order valence-corrected chi connectivity index (χ1v) is 5.73. The van der Waals surface area contributed by atoms with E-state index in [1.165, 1.54) is 45.2 Å². The van der Waals surface area contributed by atoms with Gasteiger partial charge in [0.2, 0.25) is 0 Å². The van der Waals surface area contributed by atoms with E-state index in [9.17, 15) is 0 Å². The SMILES string of the molecule is C1CNC[C@H](CCOCC2CC2)C1. The topological polar surface area (TPSA) is 21.3 Å². The number of ether oxygens (including phenoxy) is 1. The van der Waals surface area contributed by atoms with Crippen LogP contribution in [-0.2, 0) is 4.74 Å². The first-order valence-electron chi connectivity index (χ1n) is 5.73. The average Bonchev–Trinajstić information content (AvgIpc) is 2.98. The zero-order valence-corrected chi connectivity index (χ0v) is 8.43. The van der Waals surface area contributed by atoms with Gasteiger partial charge in [-0.3, -0.25) is 0 Å². The molecule has 2 aliphatic rings. The Bertz CT molecular complexity index is 139. The molecule has 0 unspecified atom stereocenters. The number of rotatable bonds is 5. The summed E-state index contributed by atoms with van der Waals surface area (Å²) in [7, 11) is 0. The van der Waals surface area contributed by atoms with Gasteiger partial charge in [-0.25, -0.2) is 0 Å². The Labute approximate surface area is 81.0 Å². The van der Waals surface area contributed by atoms with Crippen molar-refractivity contribution in [1.29, 1.82) is 0 Å². The highest BCUT2D eigenvalue weighted by Gasteiger charge is 2.21. The first kappa shape index (κ1) is 9.47. The summed E-state index contributed by atoms with van der Waals surface area (Å²) < 4.78 is 5.63. The minimum Gasteiger partial charge on any atom is -0.381 e. The predicted molar refractivity (Wildman–Crippen MR) is 53.8 cm³/mol. The van der Waals surface area contributed by atoms with Crippen LogP contribution >= 0.6 is 0 Å². The van der Waals surface area contributed by atoms with Crippen LogP contribution in [0.15, 0.2) is 0 Å². The van der Waals surface area contributed by atoms with Crippen molar-refractivity contribution in [2.45, 2.75) is 32.1 Å². The second kappa shape index (κ2) is 4.97. The summed E-state index contributed by atoms with van der Waals surface area (Å²) in [6.45, 7) is 4.45. The van der Waals surface area contributed by atoms with Gasteiger partial charge < -0.3 is 10.1 Å². The van der Waals surface area contributed by atoms with Crippen molar-refractivity contribution >= 4 is 0 Å². The highest BCUT2D eigenvalue weighted by atomic mass is 16.5. The van der Waals surface area contributed by atoms with Gasteiger partial charge in [0, 0.05) is 13.2 Å². The molecule has 0 amide bonds. The van der Waals surface area contributed by atoms with Crippen molar-refractivity contribution in [1.82, 2.24) is 5.32 Å². The summed E-state index contributed by atoms with van der Waals surface area (Å²) in [6, 6.07) is 0. The molecular weight excluding hydrogens is 162 g/mol. The van der Waals surface area contributed by atoms with Gasteiger partial charge in [0.15, 0.2) is 0 Å². The normalized spacial score (nSPS) is 29.1. The smallest absolute Gasteiger partial charge is 0.0494 e. The lowest BCUT2D eigenvalue weighted by molar-refractivity contribution is 0.107. The maximum atomic E-state index is 5.63. The van der Waals surface area contributed by atoms with E-state index in [1.54, 1.807) is 0 Å². The van der Waals surface area contributed by atoms with Crippen LogP contribution in [-0.4, -0.2) is 26.3 Å². The fraction of sp³-hybridized carbons (Fsp3) is 1.00. The summed E-state index contributed by atoms with van der Waals surface area (Å²) in [4.78, 5) is 0. The van der Waals surface area contributed by atoms with E-state index in [0.717, 1.165) is 25.0 Å². The molecule has 0 radical (unpaired) electrons. The van der Waals surface area contributed by atoms with Crippen LogP contribution in [0.5, 0.6) is 0 Å². The molecule has 0 aromatic carbocycles. The maximum Gasteiger partial charge on any atom is 0.0494 e. The van der Waals surface area contributed by atoms with E-state index in [0.29, 0.717) is 0 Å². The van der Waals surface area contributed by atoms with Gasteiger partial charge in [0.1, 0.15) is 0 Å². The Kier molecular flexibility index (Phi) is 3.62. The molecule has 2 nitrogen and oxygen atoms in total. The third kappa shape index (κ3) is 3.65. The van der Waals surface area contributed by atoms with Crippen LogP contribution in [0, 0.1) is 11.8 Å². The van der Waals surface area contributed by atoms with Gasteiger partial charge in [-0.2, -0.15) is 0 Å². The summed E-state index contributed by atoms with van der Waals surface area (Å²) >= 11 is 0. The quantitative estimate of drug-likeness (QED) is 0.656. The van der Waals surface area contributed by atoms with Gasteiger partial charge in [-0.05, 0) is 57.0 Å². The van der Waals surface area contributed by atoms with Gasteiger partial charge in [0.25, 0.3) is 0 Å². The molecule has 0 aromatic rings. The second-order valence-electron chi connectivity index (χ2n) is 4.52. The van der Waals surface area contributed by atoms with E-state index in [4.69, 9.17) is 4.74 Å². The van der Waals surface area contributed by atoms with Gasteiger partial charge in [0.05, 0.1) is 0 Å². The van der Waals surface area contributed by atoms with E-state index in [1.807, 2.05) is 0 Å². The molecule has 0 spiro atoms. The molecule has 1 aliphatic heterocycles. The summed E-state index contributed by atoms with van der Waals surface area (Å²) in [6.07, 6.45) is 6.84. The fourth-order valence-electron chi connectivity index (χ4n) is 1.95. The van der Waals surface area contributed by atoms with Crippen LogP contribution < -0.4 is 5.32 Å². The number of piperidine rings is 1. The molecule has 13 heavy (non-hydrogen) atoms. The van der Waals surface area contributed by atoms with Crippen molar-refractivity contribution in [3.8, 4) is 0 Å². The molecule has 1 atom stereocenters. The molecule has 1 N–H and O–H groups in total. The summed E-state index contributed by atoms with van der Waals surface area (Å²) in [5, 5.41) is 3.44. The fourth-order valence-corrected chi connectivity index (χ4v) is 1.95. The molecule has 0 aromatic heterocycles. The van der Waals surface area contributed by atoms with E-state index in [-0.39, 0.29) is 0 Å². The minimum atomic E-state index is 0.882. The lowest BCUT2D eigenvalue weighted by Crippen LogP contribution is -2.30. The Hall–Kier alpha value is -0.0800. The zero-order valence-electron chi connectivity index (χ0n) is 8.43. The monoisotopic (exact) mass is 183 g/mol. The van der Waals surface area contributed by atoms with E-state index in [2.05, 4.69) is 5.32 Å². The van der Waals surface area contributed by atoms with Crippen LogP contribution in [0.4, 0.5) is 0 Å². The molecule has 1 saturated heterocycles. The molecule has 76 valence electrons. The largest absolute Gasteiger partial charge is 0.381 e. The molecule has 1 saturated carbocycles. The predicted octanol–water partition coefficient (Wildman–Crippen LogP) is 1.80. The van der Waals surface area contributed by atoms with Crippen molar-refractivity contribution < 1.29 is 4.74 Å². The number of hydrogen-bond acceptors (Lipinski definition) is 2. The number of nitrogens with one attached hydrogen (secondary N) is 1. The summed E-state index contributed by atoms with van der Waals surface area (Å²) in [5.41, 5.74) is 0. The molecule has 2 heteroatoms. The molecule has 2 fully saturated rings. The average molecular weight is 183 g/mol. The molecule has 2 rings (SSSR count). The zero-order chi connectivity index (χ0) is 8.93. The lowest BCUT2D eigenvalue weighted by atomic mass is 9.97. The molecule has 1 heterocycles. The highest BCUT2D eigenvalue weighted by Crippen LogP contribution is 2.28. The van der Waals surface area contributed by atoms with Crippen LogP contribution in [0.25, 0.3) is 0 Å². The van der Waals surface area contributed by atoms with Gasteiger partial charge in [-0.15, -0.1) is 0 Å². The second-order valence-corrected chi connectivity index (χ2v) is 4.52. The maximum absolute atomic E-state index is 5.63. The third-order valence-corrected chi connectivity index (χ3v) is 3.12. The van der Waals surface area contributed by atoms with Crippen LogP contribution in [0.2, 0.25) is 0 Å². The van der Waals surface area contributed by atoms with Gasteiger partial charge in [-0.1, -0.05) is 0 Å². The Morgan fingerprint density at radius 1 is 1.15 bits per heavy atom. The van der Waals surface area contributed by atoms with Crippen molar-refractivity contribution in [2.24, 2.45) is 11.8 Å². The lowest BCUT2D eigenvalue weighted by Gasteiger charge is -2.22.